The molecule has 2 N–H and O–H groups in total. The van der Waals surface area contributed by atoms with Crippen LogP contribution in [0.2, 0.25) is 0 Å². The van der Waals surface area contributed by atoms with Crippen LogP contribution in [-0.2, 0) is 5.41 Å². The molecule has 0 spiro atoms. The molecule has 3 fully saturated rings. The molecular weight excluding hydrogens is 330 g/mol. The van der Waals surface area contributed by atoms with Gasteiger partial charge in [0.15, 0.2) is 11.7 Å². The summed E-state index contributed by atoms with van der Waals surface area (Å²) in [6.07, 6.45) is 6.32. The average Bonchev–Trinajstić information content (AvgIpc) is 3.24. The van der Waals surface area contributed by atoms with Crippen molar-refractivity contribution in [2.45, 2.75) is 75.9 Å². The van der Waals surface area contributed by atoms with Gasteiger partial charge in [-0.05, 0) is 51.9 Å². The highest BCUT2D eigenvalue weighted by Crippen LogP contribution is 2.53. The van der Waals surface area contributed by atoms with Crippen molar-refractivity contribution in [3.05, 3.63) is 11.5 Å². The summed E-state index contributed by atoms with van der Waals surface area (Å²) < 4.78 is 0. The number of nitrogens with one attached hydrogen (secondary N) is 1. The van der Waals surface area contributed by atoms with E-state index in [4.69, 9.17) is 4.98 Å². The van der Waals surface area contributed by atoms with Crippen molar-refractivity contribution in [3.63, 3.8) is 0 Å². The lowest BCUT2D eigenvalue weighted by Crippen LogP contribution is -2.53. The van der Waals surface area contributed by atoms with Crippen LogP contribution in [0.1, 0.15) is 70.3 Å². The first-order chi connectivity index (χ1) is 12.5. The number of hydrogen-bond acceptors (Lipinski definition) is 4. The van der Waals surface area contributed by atoms with Crippen LogP contribution in [0.4, 0.5) is 10.6 Å². The molecule has 2 bridgehead atoms. The van der Waals surface area contributed by atoms with E-state index in [1.54, 1.807) is 0 Å². The van der Waals surface area contributed by atoms with Crippen LogP contribution < -0.4 is 4.90 Å². The number of amidine groups is 1. The van der Waals surface area contributed by atoms with E-state index < -0.39 is 5.60 Å². The van der Waals surface area contributed by atoms with Crippen LogP contribution in [-0.4, -0.2) is 56.6 Å². The van der Waals surface area contributed by atoms with Crippen LogP contribution in [0.3, 0.4) is 0 Å². The molecule has 0 unspecified atom stereocenters. The minimum atomic E-state index is -0.458. The molecule has 7 heteroatoms. The van der Waals surface area contributed by atoms with E-state index in [1.165, 1.54) is 0 Å². The van der Waals surface area contributed by atoms with Crippen LogP contribution >= 0.6 is 0 Å². The lowest BCUT2D eigenvalue weighted by Gasteiger charge is -2.49. The SMILES string of the molecule is CCCN1C(=O)N2C(=NC[C@H]2C)c2[nH]c(C34CCC(O)(CC3)CC4)nc21. The Morgan fingerprint density at radius 3 is 2.58 bits per heavy atom. The second-order valence-corrected chi connectivity index (χ2v) is 8.61. The number of aromatic amines is 1. The van der Waals surface area contributed by atoms with Gasteiger partial charge in [-0.3, -0.25) is 14.8 Å². The largest absolute Gasteiger partial charge is 0.390 e. The Bertz CT molecular complexity index is 773. The summed E-state index contributed by atoms with van der Waals surface area (Å²) in [6.45, 7) is 5.44. The zero-order valence-corrected chi connectivity index (χ0v) is 15.6. The molecule has 1 aromatic rings. The minimum Gasteiger partial charge on any atom is -0.390 e. The van der Waals surface area contributed by atoms with Crippen LogP contribution in [0.15, 0.2) is 4.99 Å². The normalized spacial score (nSPS) is 35.6. The lowest BCUT2D eigenvalue weighted by molar-refractivity contribution is -0.0678. The number of aliphatic hydroxyl groups is 1. The molecule has 3 aliphatic carbocycles. The van der Waals surface area contributed by atoms with Crippen molar-refractivity contribution < 1.29 is 9.90 Å². The number of H-pyrrole nitrogens is 1. The number of carbonyl (C=O) groups excluding carboxylic acids is 1. The fourth-order valence-corrected chi connectivity index (χ4v) is 5.20. The predicted molar refractivity (Wildman–Crippen MR) is 98.7 cm³/mol. The fourth-order valence-electron chi connectivity index (χ4n) is 5.20. The van der Waals surface area contributed by atoms with Crippen molar-refractivity contribution in [2.24, 2.45) is 4.99 Å². The summed E-state index contributed by atoms with van der Waals surface area (Å²) >= 11 is 0. The Morgan fingerprint density at radius 2 is 1.92 bits per heavy atom. The van der Waals surface area contributed by atoms with E-state index in [1.807, 2.05) is 16.7 Å². The van der Waals surface area contributed by atoms with Crippen LogP contribution in [0, 0.1) is 0 Å². The van der Waals surface area contributed by atoms with Gasteiger partial charge in [-0.15, -0.1) is 0 Å². The van der Waals surface area contributed by atoms with Gasteiger partial charge in [0, 0.05) is 12.0 Å². The smallest absolute Gasteiger partial charge is 0.331 e. The van der Waals surface area contributed by atoms with Gasteiger partial charge >= 0.3 is 6.03 Å². The van der Waals surface area contributed by atoms with Crippen molar-refractivity contribution in [3.8, 4) is 0 Å². The third-order valence-electron chi connectivity index (χ3n) is 6.93. The lowest BCUT2D eigenvalue weighted by atomic mass is 9.58. The van der Waals surface area contributed by atoms with E-state index in [2.05, 4.69) is 16.9 Å². The van der Waals surface area contributed by atoms with Gasteiger partial charge in [0.25, 0.3) is 0 Å². The highest BCUT2D eigenvalue weighted by atomic mass is 16.3. The molecule has 3 heterocycles. The van der Waals surface area contributed by atoms with E-state index in [-0.39, 0.29) is 17.5 Å². The fraction of sp³-hybridized carbons (Fsp3) is 0.737. The summed E-state index contributed by atoms with van der Waals surface area (Å²) in [5.41, 5.74) is 0.455. The molecule has 2 aliphatic heterocycles. The third-order valence-corrected chi connectivity index (χ3v) is 6.93. The molecular formula is C19H27N5O2. The van der Waals surface area contributed by atoms with Crippen LogP contribution in [0.5, 0.6) is 0 Å². The van der Waals surface area contributed by atoms with Gasteiger partial charge in [-0.2, -0.15) is 0 Å². The molecule has 0 saturated heterocycles. The minimum absolute atomic E-state index is 0.000290. The summed E-state index contributed by atoms with van der Waals surface area (Å²) in [5, 5.41) is 10.5. The number of anilines is 1. The maximum atomic E-state index is 13.0. The Hall–Kier alpha value is -1.89. The van der Waals surface area contributed by atoms with Crippen molar-refractivity contribution in [1.82, 2.24) is 14.9 Å². The van der Waals surface area contributed by atoms with Gasteiger partial charge < -0.3 is 10.1 Å². The van der Waals surface area contributed by atoms with Crippen LogP contribution in [0.25, 0.3) is 0 Å². The number of urea groups is 1. The number of nitrogens with zero attached hydrogens (tertiary/aromatic N) is 4. The molecule has 7 nitrogen and oxygen atoms in total. The van der Waals surface area contributed by atoms with Gasteiger partial charge in [-0.1, -0.05) is 6.92 Å². The number of rotatable bonds is 3. The molecule has 3 saturated carbocycles. The number of aromatic nitrogens is 2. The molecule has 2 amide bonds. The highest BCUT2D eigenvalue weighted by Gasteiger charge is 2.51. The number of carbonyl (C=O) groups is 1. The van der Waals surface area contributed by atoms with E-state index in [0.717, 1.165) is 68.1 Å². The first-order valence-electron chi connectivity index (χ1n) is 9.95. The number of fused-ring (bicyclic) bond motifs is 6. The first-order valence-corrected chi connectivity index (χ1v) is 9.95. The van der Waals surface area contributed by atoms with Gasteiger partial charge in [0.2, 0.25) is 0 Å². The average molecular weight is 357 g/mol. The Morgan fingerprint density at radius 1 is 1.23 bits per heavy atom. The van der Waals surface area contributed by atoms with E-state index in [9.17, 15) is 9.90 Å². The maximum Gasteiger partial charge on any atom is 0.331 e. The zero-order valence-electron chi connectivity index (χ0n) is 15.6. The second-order valence-electron chi connectivity index (χ2n) is 8.61. The Labute approximate surface area is 153 Å². The van der Waals surface area contributed by atoms with Gasteiger partial charge in [0.05, 0.1) is 18.2 Å². The molecule has 0 aromatic carbocycles. The van der Waals surface area contributed by atoms with Crippen molar-refractivity contribution in [1.29, 1.82) is 0 Å². The molecule has 5 aliphatic rings. The van der Waals surface area contributed by atoms with Gasteiger partial charge in [-0.25, -0.2) is 9.78 Å². The summed E-state index contributed by atoms with van der Waals surface area (Å²) in [6, 6.07) is 0.0922. The van der Waals surface area contributed by atoms with Gasteiger partial charge in [0.1, 0.15) is 11.5 Å². The third kappa shape index (κ3) is 2.06. The van der Waals surface area contributed by atoms with Crippen molar-refractivity contribution in [2.75, 3.05) is 18.0 Å². The predicted octanol–water partition coefficient (Wildman–Crippen LogP) is 2.55. The summed E-state index contributed by atoms with van der Waals surface area (Å²) in [5.74, 6) is 2.49. The molecule has 140 valence electrons. The highest BCUT2D eigenvalue weighted by molar-refractivity contribution is 6.18. The van der Waals surface area contributed by atoms with E-state index in [0.29, 0.717) is 13.1 Å². The summed E-state index contributed by atoms with van der Waals surface area (Å²) in [7, 11) is 0. The van der Waals surface area contributed by atoms with Crippen molar-refractivity contribution >= 4 is 17.7 Å². The molecule has 1 aromatic heterocycles. The number of imidazole rings is 1. The quantitative estimate of drug-likeness (QED) is 0.872. The zero-order chi connectivity index (χ0) is 18.1. The topological polar surface area (TPSA) is 84.8 Å². The maximum absolute atomic E-state index is 13.0. The Kier molecular flexibility index (Phi) is 3.33. The molecule has 26 heavy (non-hydrogen) atoms. The molecule has 6 rings (SSSR count). The van der Waals surface area contributed by atoms with E-state index >= 15 is 0 Å². The molecule has 1 atom stereocenters. The molecule has 0 radical (unpaired) electrons. The summed E-state index contributed by atoms with van der Waals surface area (Å²) in [4.78, 5) is 29.8. The monoisotopic (exact) mass is 357 g/mol. The number of hydrogen-bond donors (Lipinski definition) is 2. The second kappa shape index (κ2) is 5.31. The first kappa shape index (κ1) is 16.3. The number of aliphatic imine (C=N–C) groups is 1. The number of amides is 2. The standard InChI is InChI=1S/C19H27N5O2/c1-3-10-23-15-13(14-20-11-12(2)24(14)17(23)25)21-16(22-15)18-4-7-19(26,8-5-18)9-6-18/h12,26H,3-11H2,1-2H3,(H,21,22)/t12-,18?,19?/m1/s1. The Balaban J connectivity index is 1.59.